The largest absolute Gasteiger partial charge is 0.756 e. The van der Waals surface area contributed by atoms with Gasteiger partial charge >= 0.3 is 11.9 Å². The van der Waals surface area contributed by atoms with E-state index in [4.69, 9.17) is 18.5 Å². The third-order valence-corrected chi connectivity index (χ3v) is 10.2. The SMILES string of the molecule is CCCCC/C=C/CCCCCCCC(=O)O[C@H](COC(=O)CCCCCCCCCCCCCCCCCC)COP(=O)([O-])OCC[N+](C)(C)C. The second-order valence-electron chi connectivity index (χ2n) is 15.7. The molecule has 9 nitrogen and oxygen atoms in total. The van der Waals surface area contributed by atoms with Crippen LogP contribution in [-0.4, -0.2) is 70.0 Å². The molecule has 0 spiro atoms. The van der Waals surface area contributed by atoms with Crippen molar-refractivity contribution in [3.63, 3.8) is 0 Å². The standard InChI is InChI=1S/C42H82NO8P/c1-6-8-10-12-14-16-18-20-21-22-23-25-26-28-30-32-34-41(44)48-38-40(39-50-52(46,47)49-37-36-43(3,4)5)51-42(45)35-33-31-29-27-24-19-17-15-13-11-9-7-2/h15,17,40H,6-14,16,18-39H2,1-5H3/b17-15+/t40-/m1/s1. The Morgan fingerprint density at radius 1 is 0.577 bits per heavy atom. The van der Waals surface area contributed by atoms with E-state index in [-0.39, 0.29) is 32.0 Å². The minimum absolute atomic E-state index is 0.0295. The van der Waals surface area contributed by atoms with Gasteiger partial charge in [-0.25, -0.2) is 0 Å². The molecule has 308 valence electrons. The summed E-state index contributed by atoms with van der Waals surface area (Å²) in [6.45, 7) is 4.21. The minimum Gasteiger partial charge on any atom is -0.756 e. The molecule has 0 aromatic carbocycles. The number of phosphoric acid groups is 1. The Balaban J connectivity index is 4.33. The number of hydrogen-bond acceptors (Lipinski definition) is 8. The number of likely N-dealkylation sites (N-methyl/N-ethyl adjacent to an activating group) is 1. The number of quaternary nitrogens is 1. The number of phosphoric ester groups is 1. The van der Waals surface area contributed by atoms with Gasteiger partial charge in [-0.15, -0.1) is 0 Å². The van der Waals surface area contributed by atoms with Crippen LogP contribution in [0.4, 0.5) is 0 Å². The molecule has 0 aliphatic heterocycles. The maximum absolute atomic E-state index is 12.6. The maximum Gasteiger partial charge on any atom is 0.306 e. The predicted molar refractivity (Wildman–Crippen MR) is 213 cm³/mol. The van der Waals surface area contributed by atoms with Crippen LogP contribution in [0.3, 0.4) is 0 Å². The molecule has 0 rings (SSSR count). The van der Waals surface area contributed by atoms with Gasteiger partial charge in [-0.3, -0.25) is 14.2 Å². The van der Waals surface area contributed by atoms with E-state index in [0.29, 0.717) is 17.4 Å². The smallest absolute Gasteiger partial charge is 0.306 e. The van der Waals surface area contributed by atoms with Crippen molar-refractivity contribution < 1.29 is 42.1 Å². The van der Waals surface area contributed by atoms with E-state index in [1.165, 1.54) is 103 Å². The molecule has 0 bridgehead atoms. The second kappa shape index (κ2) is 35.5. The van der Waals surface area contributed by atoms with Crippen LogP contribution in [0, 0.1) is 0 Å². The van der Waals surface area contributed by atoms with Gasteiger partial charge in [-0.1, -0.05) is 154 Å². The van der Waals surface area contributed by atoms with E-state index in [1.54, 1.807) is 0 Å². The van der Waals surface area contributed by atoms with Crippen molar-refractivity contribution in [1.29, 1.82) is 0 Å². The number of hydrogen-bond donors (Lipinski definition) is 0. The Morgan fingerprint density at radius 3 is 1.46 bits per heavy atom. The van der Waals surface area contributed by atoms with Gasteiger partial charge in [-0.2, -0.15) is 0 Å². The molecular formula is C42H82NO8P. The predicted octanol–water partition coefficient (Wildman–Crippen LogP) is 11.2. The van der Waals surface area contributed by atoms with Gasteiger partial charge in [0.2, 0.25) is 0 Å². The van der Waals surface area contributed by atoms with E-state index < -0.39 is 26.5 Å². The molecule has 0 fully saturated rings. The summed E-state index contributed by atoms with van der Waals surface area (Å²) < 4.78 is 33.8. The van der Waals surface area contributed by atoms with Crippen molar-refractivity contribution in [3.05, 3.63) is 12.2 Å². The monoisotopic (exact) mass is 760 g/mol. The highest BCUT2D eigenvalue weighted by Gasteiger charge is 2.21. The molecule has 0 aromatic rings. The van der Waals surface area contributed by atoms with E-state index in [2.05, 4.69) is 26.0 Å². The maximum atomic E-state index is 12.6. The fraction of sp³-hybridized carbons (Fsp3) is 0.905. The first-order valence-corrected chi connectivity index (χ1v) is 22.9. The number of rotatable bonds is 39. The molecular weight excluding hydrogens is 677 g/mol. The Kier molecular flexibility index (Phi) is 34.6. The number of nitrogens with zero attached hydrogens (tertiary/aromatic N) is 1. The van der Waals surface area contributed by atoms with Crippen molar-refractivity contribution in [2.75, 3.05) is 47.5 Å². The van der Waals surface area contributed by atoms with Crippen molar-refractivity contribution in [3.8, 4) is 0 Å². The van der Waals surface area contributed by atoms with E-state index in [1.807, 2.05) is 21.1 Å². The number of carbonyl (C=O) groups is 2. The topological polar surface area (TPSA) is 111 Å². The fourth-order valence-corrected chi connectivity index (χ4v) is 6.61. The van der Waals surface area contributed by atoms with Gasteiger partial charge in [0.1, 0.15) is 19.8 Å². The highest BCUT2D eigenvalue weighted by Crippen LogP contribution is 2.38. The molecule has 0 aliphatic rings. The van der Waals surface area contributed by atoms with Crippen LogP contribution in [-0.2, 0) is 32.7 Å². The molecule has 52 heavy (non-hydrogen) atoms. The number of esters is 2. The first-order valence-electron chi connectivity index (χ1n) is 21.4. The molecule has 0 saturated carbocycles. The van der Waals surface area contributed by atoms with Gasteiger partial charge < -0.3 is 27.9 Å². The first kappa shape index (κ1) is 50.8. The lowest BCUT2D eigenvalue weighted by atomic mass is 10.0. The summed E-state index contributed by atoms with van der Waals surface area (Å²) >= 11 is 0. The number of carbonyl (C=O) groups excluding carboxylic acids is 2. The third-order valence-electron chi connectivity index (χ3n) is 9.29. The lowest BCUT2D eigenvalue weighted by molar-refractivity contribution is -0.870. The highest BCUT2D eigenvalue weighted by atomic mass is 31.2. The van der Waals surface area contributed by atoms with Gasteiger partial charge in [-0.05, 0) is 38.5 Å². The molecule has 0 amide bonds. The summed E-state index contributed by atoms with van der Waals surface area (Å²) in [6.07, 6.45) is 35.2. The Labute approximate surface area is 320 Å². The second-order valence-corrected chi connectivity index (χ2v) is 17.1. The van der Waals surface area contributed by atoms with Gasteiger partial charge in [0.25, 0.3) is 7.82 Å². The zero-order valence-corrected chi connectivity index (χ0v) is 35.4. The zero-order chi connectivity index (χ0) is 38.6. The minimum atomic E-state index is -4.62. The quantitative estimate of drug-likeness (QED) is 0.0200. The fourth-order valence-electron chi connectivity index (χ4n) is 5.88. The van der Waals surface area contributed by atoms with Crippen molar-refractivity contribution in [1.82, 2.24) is 0 Å². The molecule has 0 heterocycles. The average molecular weight is 760 g/mol. The molecule has 10 heteroatoms. The van der Waals surface area contributed by atoms with Crippen LogP contribution in [0.2, 0.25) is 0 Å². The Hall–Kier alpha value is -1.25. The molecule has 0 aromatic heterocycles. The van der Waals surface area contributed by atoms with Gasteiger partial charge in [0.15, 0.2) is 6.10 Å². The zero-order valence-electron chi connectivity index (χ0n) is 34.5. The number of allylic oxidation sites excluding steroid dienone is 2. The van der Waals surface area contributed by atoms with Crippen molar-refractivity contribution in [2.24, 2.45) is 0 Å². The highest BCUT2D eigenvalue weighted by molar-refractivity contribution is 7.45. The van der Waals surface area contributed by atoms with Gasteiger partial charge in [0, 0.05) is 12.8 Å². The summed E-state index contributed by atoms with van der Waals surface area (Å²) in [5, 5.41) is 0. The van der Waals surface area contributed by atoms with E-state index >= 15 is 0 Å². The number of ether oxygens (including phenoxy) is 2. The molecule has 0 aliphatic carbocycles. The van der Waals surface area contributed by atoms with E-state index in [0.717, 1.165) is 57.8 Å². The van der Waals surface area contributed by atoms with E-state index in [9.17, 15) is 19.0 Å². The summed E-state index contributed by atoms with van der Waals surface area (Å²) in [7, 11) is 1.17. The molecule has 0 N–H and O–H groups in total. The normalized spacial score (nSPS) is 13.7. The van der Waals surface area contributed by atoms with Crippen LogP contribution < -0.4 is 4.89 Å². The molecule has 0 saturated heterocycles. The molecule has 2 atom stereocenters. The first-order chi connectivity index (χ1) is 25.0. The molecule has 1 unspecified atom stereocenters. The third kappa shape index (κ3) is 38.5. The number of unbranched alkanes of at least 4 members (excludes halogenated alkanes) is 23. The van der Waals surface area contributed by atoms with Crippen LogP contribution in [0.5, 0.6) is 0 Å². The lowest BCUT2D eigenvalue weighted by Gasteiger charge is -2.28. The van der Waals surface area contributed by atoms with Crippen LogP contribution in [0.1, 0.15) is 194 Å². The summed E-state index contributed by atoms with van der Waals surface area (Å²) in [5.41, 5.74) is 0. The van der Waals surface area contributed by atoms with Crippen molar-refractivity contribution in [2.45, 2.75) is 200 Å². The van der Waals surface area contributed by atoms with Crippen LogP contribution >= 0.6 is 7.82 Å². The Morgan fingerprint density at radius 2 is 0.981 bits per heavy atom. The average Bonchev–Trinajstić information content (AvgIpc) is 3.09. The van der Waals surface area contributed by atoms with Crippen molar-refractivity contribution >= 4 is 19.8 Å². The lowest BCUT2D eigenvalue weighted by Crippen LogP contribution is -2.37. The van der Waals surface area contributed by atoms with Crippen LogP contribution in [0.15, 0.2) is 12.2 Å². The summed E-state index contributed by atoms with van der Waals surface area (Å²) in [5.74, 6) is -0.837. The Bertz CT molecular complexity index is 907. The summed E-state index contributed by atoms with van der Waals surface area (Å²) in [4.78, 5) is 37.4. The van der Waals surface area contributed by atoms with Crippen LogP contribution in [0.25, 0.3) is 0 Å². The van der Waals surface area contributed by atoms with Gasteiger partial charge in [0.05, 0.1) is 27.7 Å². The summed E-state index contributed by atoms with van der Waals surface area (Å²) in [6, 6.07) is 0. The molecule has 0 radical (unpaired) electrons.